The Hall–Kier alpha value is -1.17. The quantitative estimate of drug-likeness (QED) is 0.776. The standard InChI is InChI=1S/C13H16ClFN2O2/c14-10-3-1-2-9(12(10)15)6-17-13(19)11-4-8(7-18)5-16-11/h1-3,8,11,16,18H,4-7H2,(H,17,19)/t8-,11+/m1/s1. The van der Waals surface area contributed by atoms with Gasteiger partial charge in [0.25, 0.3) is 0 Å². The normalized spacial score (nSPS) is 22.5. The first kappa shape index (κ1) is 14.2. The molecule has 1 aromatic rings. The Morgan fingerprint density at radius 1 is 1.58 bits per heavy atom. The molecule has 1 amide bonds. The van der Waals surface area contributed by atoms with Gasteiger partial charge >= 0.3 is 0 Å². The molecule has 0 aromatic heterocycles. The number of aliphatic hydroxyl groups excluding tert-OH is 1. The Bertz CT molecular complexity index is 470. The molecule has 1 fully saturated rings. The largest absolute Gasteiger partial charge is 0.396 e. The number of halogens is 2. The summed E-state index contributed by atoms with van der Waals surface area (Å²) in [5.74, 6) is -0.578. The molecule has 0 spiro atoms. The van der Waals surface area contributed by atoms with Crippen LogP contribution < -0.4 is 10.6 Å². The first-order chi connectivity index (χ1) is 9.11. The minimum Gasteiger partial charge on any atom is -0.396 e. The van der Waals surface area contributed by atoms with Crippen LogP contribution in [0.5, 0.6) is 0 Å². The number of nitrogens with one attached hydrogen (secondary N) is 2. The summed E-state index contributed by atoms with van der Waals surface area (Å²) in [6.07, 6.45) is 0.598. The molecule has 4 nitrogen and oxygen atoms in total. The highest BCUT2D eigenvalue weighted by Crippen LogP contribution is 2.18. The van der Waals surface area contributed by atoms with E-state index >= 15 is 0 Å². The van der Waals surface area contributed by atoms with Crippen LogP contribution in [0.15, 0.2) is 18.2 Å². The SMILES string of the molecule is O=C(NCc1cccc(Cl)c1F)[C@@H]1C[C@@H](CO)CN1. The summed E-state index contributed by atoms with van der Waals surface area (Å²) in [7, 11) is 0. The lowest BCUT2D eigenvalue weighted by molar-refractivity contribution is -0.123. The molecule has 1 aliphatic heterocycles. The van der Waals surface area contributed by atoms with Gasteiger partial charge in [0.05, 0.1) is 11.1 Å². The molecular weight excluding hydrogens is 271 g/mol. The van der Waals surface area contributed by atoms with Crippen LogP contribution in [0.3, 0.4) is 0 Å². The lowest BCUT2D eigenvalue weighted by atomic mass is 10.1. The van der Waals surface area contributed by atoms with Crippen LogP contribution in [0.4, 0.5) is 4.39 Å². The summed E-state index contributed by atoms with van der Waals surface area (Å²) < 4.78 is 13.6. The molecule has 0 aliphatic carbocycles. The highest BCUT2D eigenvalue weighted by molar-refractivity contribution is 6.30. The fourth-order valence-corrected chi connectivity index (χ4v) is 2.33. The van der Waals surface area contributed by atoms with E-state index < -0.39 is 5.82 Å². The van der Waals surface area contributed by atoms with E-state index in [-0.39, 0.29) is 36.0 Å². The number of carbonyl (C=O) groups excluding carboxylic acids is 1. The number of hydrogen-bond acceptors (Lipinski definition) is 3. The first-order valence-electron chi connectivity index (χ1n) is 6.16. The van der Waals surface area contributed by atoms with Gasteiger partial charge in [-0.1, -0.05) is 23.7 Å². The van der Waals surface area contributed by atoms with Crippen molar-refractivity contribution in [1.82, 2.24) is 10.6 Å². The summed E-state index contributed by atoms with van der Waals surface area (Å²) in [5, 5.41) is 14.8. The maximum atomic E-state index is 13.6. The minimum absolute atomic E-state index is 0.0473. The van der Waals surface area contributed by atoms with Crippen LogP contribution >= 0.6 is 11.6 Å². The highest BCUT2D eigenvalue weighted by atomic mass is 35.5. The number of carbonyl (C=O) groups is 1. The minimum atomic E-state index is -0.503. The van der Waals surface area contributed by atoms with Crippen molar-refractivity contribution >= 4 is 17.5 Å². The molecule has 0 saturated carbocycles. The molecule has 3 N–H and O–H groups in total. The zero-order valence-electron chi connectivity index (χ0n) is 10.3. The van der Waals surface area contributed by atoms with E-state index in [2.05, 4.69) is 10.6 Å². The number of rotatable bonds is 4. The van der Waals surface area contributed by atoms with Crippen molar-refractivity contribution in [2.45, 2.75) is 19.0 Å². The molecule has 1 aliphatic rings. The van der Waals surface area contributed by atoms with Crippen LogP contribution in [-0.2, 0) is 11.3 Å². The van der Waals surface area contributed by atoms with Crippen molar-refractivity contribution in [2.75, 3.05) is 13.2 Å². The summed E-state index contributed by atoms with van der Waals surface area (Å²) in [5.41, 5.74) is 0.359. The van der Waals surface area contributed by atoms with Crippen molar-refractivity contribution in [1.29, 1.82) is 0 Å². The topological polar surface area (TPSA) is 61.4 Å². The fraction of sp³-hybridized carbons (Fsp3) is 0.462. The highest BCUT2D eigenvalue weighted by Gasteiger charge is 2.28. The maximum absolute atomic E-state index is 13.6. The maximum Gasteiger partial charge on any atom is 0.237 e. The molecule has 0 bridgehead atoms. The monoisotopic (exact) mass is 286 g/mol. The van der Waals surface area contributed by atoms with Gasteiger partial charge in [-0.15, -0.1) is 0 Å². The number of hydrogen-bond donors (Lipinski definition) is 3. The van der Waals surface area contributed by atoms with E-state index in [9.17, 15) is 9.18 Å². The Morgan fingerprint density at radius 3 is 3.05 bits per heavy atom. The second-order valence-corrected chi connectivity index (χ2v) is 5.08. The predicted molar refractivity (Wildman–Crippen MR) is 70.2 cm³/mol. The summed E-state index contributed by atoms with van der Waals surface area (Å²) >= 11 is 5.67. The van der Waals surface area contributed by atoms with Crippen LogP contribution in [-0.4, -0.2) is 30.2 Å². The zero-order valence-corrected chi connectivity index (χ0v) is 11.1. The molecule has 6 heteroatoms. The summed E-state index contributed by atoms with van der Waals surface area (Å²) in [4.78, 5) is 11.9. The Kier molecular flexibility index (Phi) is 4.74. The molecule has 1 aromatic carbocycles. The van der Waals surface area contributed by atoms with Crippen molar-refractivity contribution in [3.8, 4) is 0 Å². The molecule has 1 heterocycles. The number of amides is 1. The van der Waals surface area contributed by atoms with Crippen LogP contribution in [0.2, 0.25) is 5.02 Å². The molecule has 0 unspecified atom stereocenters. The van der Waals surface area contributed by atoms with Crippen molar-refractivity contribution in [2.24, 2.45) is 5.92 Å². The zero-order chi connectivity index (χ0) is 13.8. The van der Waals surface area contributed by atoms with Gasteiger partial charge in [-0.3, -0.25) is 4.79 Å². The fourth-order valence-electron chi connectivity index (χ4n) is 2.14. The Morgan fingerprint density at radius 2 is 2.37 bits per heavy atom. The molecule has 2 atom stereocenters. The molecule has 19 heavy (non-hydrogen) atoms. The van der Waals surface area contributed by atoms with E-state index in [0.29, 0.717) is 18.5 Å². The average molecular weight is 287 g/mol. The first-order valence-corrected chi connectivity index (χ1v) is 6.54. The third kappa shape index (κ3) is 3.43. The Balaban J connectivity index is 1.89. The molecule has 104 valence electrons. The van der Waals surface area contributed by atoms with E-state index in [0.717, 1.165) is 0 Å². The van der Waals surface area contributed by atoms with Gasteiger partial charge in [0.15, 0.2) is 0 Å². The lowest BCUT2D eigenvalue weighted by Gasteiger charge is -2.12. The molecule has 0 radical (unpaired) electrons. The molecular formula is C13H16ClFN2O2. The Labute approximate surface area is 116 Å². The number of benzene rings is 1. The second-order valence-electron chi connectivity index (χ2n) is 4.68. The van der Waals surface area contributed by atoms with Gasteiger partial charge < -0.3 is 15.7 Å². The second kappa shape index (κ2) is 6.32. The van der Waals surface area contributed by atoms with Crippen molar-refractivity contribution in [3.63, 3.8) is 0 Å². The van der Waals surface area contributed by atoms with Crippen LogP contribution in [0.1, 0.15) is 12.0 Å². The van der Waals surface area contributed by atoms with Crippen molar-refractivity contribution < 1.29 is 14.3 Å². The third-order valence-corrected chi connectivity index (χ3v) is 3.57. The van der Waals surface area contributed by atoms with Gasteiger partial charge in [0.1, 0.15) is 5.82 Å². The van der Waals surface area contributed by atoms with Gasteiger partial charge in [0, 0.05) is 25.3 Å². The molecule has 1 saturated heterocycles. The predicted octanol–water partition coefficient (Wildman–Crippen LogP) is 1.07. The van der Waals surface area contributed by atoms with Crippen LogP contribution in [0, 0.1) is 11.7 Å². The van der Waals surface area contributed by atoms with Crippen molar-refractivity contribution in [3.05, 3.63) is 34.6 Å². The van der Waals surface area contributed by atoms with Gasteiger partial charge in [-0.05, 0) is 18.4 Å². The smallest absolute Gasteiger partial charge is 0.237 e. The van der Waals surface area contributed by atoms with Gasteiger partial charge in [0.2, 0.25) is 5.91 Å². The third-order valence-electron chi connectivity index (χ3n) is 3.28. The summed E-state index contributed by atoms with van der Waals surface area (Å²) in [6.45, 7) is 0.799. The van der Waals surface area contributed by atoms with E-state index in [1.54, 1.807) is 12.1 Å². The average Bonchev–Trinajstić information content (AvgIpc) is 2.89. The molecule has 2 rings (SSSR count). The van der Waals surface area contributed by atoms with E-state index in [1.807, 2.05) is 0 Å². The van der Waals surface area contributed by atoms with Gasteiger partial charge in [-0.25, -0.2) is 4.39 Å². The lowest BCUT2D eigenvalue weighted by Crippen LogP contribution is -2.40. The van der Waals surface area contributed by atoms with E-state index in [1.165, 1.54) is 6.07 Å². The van der Waals surface area contributed by atoms with E-state index in [4.69, 9.17) is 16.7 Å². The van der Waals surface area contributed by atoms with Crippen LogP contribution in [0.25, 0.3) is 0 Å². The van der Waals surface area contributed by atoms with Gasteiger partial charge in [-0.2, -0.15) is 0 Å². The summed E-state index contributed by atoms with van der Waals surface area (Å²) in [6, 6.07) is 4.37. The number of aliphatic hydroxyl groups is 1.